The molecule has 0 fully saturated rings. The lowest BCUT2D eigenvalue weighted by Gasteiger charge is -2.04. The molecule has 124 valence electrons. The van der Waals surface area contributed by atoms with E-state index >= 15 is 0 Å². The van der Waals surface area contributed by atoms with E-state index in [1.54, 1.807) is 19.2 Å². The van der Waals surface area contributed by atoms with Crippen LogP contribution in [-0.4, -0.2) is 32.9 Å². The van der Waals surface area contributed by atoms with E-state index in [1.165, 1.54) is 18.4 Å². The Labute approximate surface area is 134 Å². The molecule has 1 aromatic carbocycles. The van der Waals surface area contributed by atoms with Crippen LogP contribution >= 0.6 is 0 Å². The van der Waals surface area contributed by atoms with E-state index in [0.717, 1.165) is 5.56 Å². The van der Waals surface area contributed by atoms with Crippen LogP contribution in [0.1, 0.15) is 21.9 Å². The second-order valence-electron chi connectivity index (χ2n) is 4.85. The minimum absolute atomic E-state index is 0.0601. The molecule has 1 amide bonds. The van der Waals surface area contributed by atoms with Crippen molar-refractivity contribution in [2.24, 2.45) is 5.14 Å². The number of aromatic nitrogens is 1. The predicted octanol–water partition coefficient (Wildman–Crippen LogP) is 0.0139. The Morgan fingerprint density at radius 2 is 2.00 bits per heavy atom. The number of rotatable bonds is 7. The van der Waals surface area contributed by atoms with Crippen LogP contribution in [0.4, 0.5) is 0 Å². The topological polar surface area (TPSA) is 127 Å². The van der Waals surface area contributed by atoms with E-state index < -0.39 is 10.0 Å². The molecule has 23 heavy (non-hydrogen) atoms. The predicted molar refractivity (Wildman–Crippen MR) is 83.1 cm³/mol. The summed E-state index contributed by atoms with van der Waals surface area (Å²) in [6.45, 7) is 0.839. The third kappa shape index (κ3) is 4.88. The van der Waals surface area contributed by atoms with Gasteiger partial charge in [0.2, 0.25) is 15.9 Å². The van der Waals surface area contributed by atoms with E-state index in [4.69, 9.17) is 9.56 Å². The molecule has 9 heteroatoms. The van der Waals surface area contributed by atoms with Crippen LogP contribution in [0.15, 0.2) is 39.8 Å². The summed E-state index contributed by atoms with van der Waals surface area (Å²) in [4.78, 5) is 16.0. The lowest BCUT2D eigenvalue weighted by Crippen LogP contribution is -2.26. The number of sulfonamides is 1. The van der Waals surface area contributed by atoms with Gasteiger partial charge in [0.05, 0.1) is 11.4 Å². The molecule has 8 nitrogen and oxygen atoms in total. The van der Waals surface area contributed by atoms with Crippen LogP contribution in [0.3, 0.4) is 0 Å². The van der Waals surface area contributed by atoms with E-state index in [9.17, 15) is 13.2 Å². The second-order valence-corrected chi connectivity index (χ2v) is 6.41. The first kappa shape index (κ1) is 17.1. The summed E-state index contributed by atoms with van der Waals surface area (Å²) in [7, 11) is -1.93. The standard InChI is InChI=1S/C14H18N4O4S/c1-16-8-13-18-12(9-22-13)14(19)17-7-6-10-2-4-11(5-3-10)23(15,20)21/h2-5,9,16H,6-8H2,1H3,(H,17,19)(H2,15,20,21). The van der Waals surface area contributed by atoms with Gasteiger partial charge in [-0.25, -0.2) is 18.5 Å². The largest absolute Gasteiger partial charge is 0.447 e. The van der Waals surface area contributed by atoms with Gasteiger partial charge in [-0.05, 0) is 31.2 Å². The Bertz CT molecular complexity index is 768. The average Bonchev–Trinajstić information content (AvgIpc) is 2.96. The van der Waals surface area contributed by atoms with Gasteiger partial charge in [-0.2, -0.15) is 0 Å². The highest BCUT2D eigenvalue weighted by Gasteiger charge is 2.11. The molecule has 0 saturated carbocycles. The molecule has 0 bridgehead atoms. The number of primary sulfonamides is 1. The zero-order valence-electron chi connectivity index (χ0n) is 12.6. The van der Waals surface area contributed by atoms with E-state index in [2.05, 4.69) is 15.6 Å². The zero-order chi connectivity index (χ0) is 16.9. The SMILES string of the molecule is CNCc1nc(C(=O)NCCc2ccc(S(N)(=O)=O)cc2)co1. The van der Waals surface area contributed by atoms with Gasteiger partial charge in [-0.15, -0.1) is 0 Å². The summed E-state index contributed by atoms with van der Waals surface area (Å²) in [6, 6.07) is 6.20. The van der Waals surface area contributed by atoms with Gasteiger partial charge in [-0.3, -0.25) is 4.79 Å². The van der Waals surface area contributed by atoms with Crippen LogP contribution in [0.5, 0.6) is 0 Å². The summed E-state index contributed by atoms with van der Waals surface area (Å²) in [5.41, 5.74) is 1.11. The maximum atomic E-state index is 11.9. The number of benzene rings is 1. The highest BCUT2D eigenvalue weighted by Crippen LogP contribution is 2.09. The Hall–Kier alpha value is -2.23. The molecule has 2 aromatic rings. The van der Waals surface area contributed by atoms with E-state index in [1.807, 2.05) is 0 Å². The van der Waals surface area contributed by atoms with Crippen molar-refractivity contribution in [3.05, 3.63) is 47.7 Å². The average molecular weight is 338 g/mol. The van der Waals surface area contributed by atoms with Crippen molar-refractivity contribution in [1.29, 1.82) is 0 Å². The highest BCUT2D eigenvalue weighted by molar-refractivity contribution is 7.89. The summed E-state index contributed by atoms with van der Waals surface area (Å²) < 4.78 is 27.4. The van der Waals surface area contributed by atoms with Gasteiger partial charge >= 0.3 is 0 Å². The molecule has 2 rings (SSSR count). The number of amides is 1. The van der Waals surface area contributed by atoms with Crippen LogP contribution in [0.2, 0.25) is 0 Å². The fraction of sp³-hybridized carbons (Fsp3) is 0.286. The molecule has 0 atom stereocenters. The number of hydrogen-bond acceptors (Lipinski definition) is 6. The number of carbonyl (C=O) groups is 1. The lowest BCUT2D eigenvalue weighted by molar-refractivity contribution is 0.0949. The Balaban J connectivity index is 1.85. The number of carbonyl (C=O) groups excluding carboxylic acids is 1. The first-order valence-electron chi connectivity index (χ1n) is 6.89. The van der Waals surface area contributed by atoms with Crippen LogP contribution < -0.4 is 15.8 Å². The van der Waals surface area contributed by atoms with Gasteiger partial charge in [0.15, 0.2) is 5.69 Å². The number of nitrogens with one attached hydrogen (secondary N) is 2. The first-order valence-corrected chi connectivity index (χ1v) is 8.43. The third-order valence-corrected chi connectivity index (χ3v) is 3.99. The van der Waals surface area contributed by atoms with E-state index in [-0.39, 0.29) is 16.5 Å². The lowest BCUT2D eigenvalue weighted by atomic mass is 10.1. The minimum Gasteiger partial charge on any atom is -0.447 e. The summed E-state index contributed by atoms with van der Waals surface area (Å²) >= 11 is 0. The number of oxazole rings is 1. The minimum atomic E-state index is -3.69. The van der Waals surface area contributed by atoms with Crippen molar-refractivity contribution in [3.8, 4) is 0 Å². The first-order chi connectivity index (χ1) is 10.9. The monoisotopic (exact) mass is 338 g/mol. The maximum absolute atomic E-state index is 11.9. The van der Waals surface area contributed by atoms with E-state index in [0.29, 0.717) is 25.4 Å². The van der Waals surface area contributed by atoms with Crippen molar-refractivity contribution in [2.45, 2.75) is 17.9 Å². The summed E-state index contributed by atoms with van der Waals surface area (Å²) in [6.07, 6.45) is 1.86. The van der Waals surface area contributed by atoms with Crippen molar-refractivity contribution >= 4 is 15.9 Å². The molecule has 0 unspecified atom stereocenters. The van der Waals surface area contributed by atoms with Crippen LogP contribution in [-0.2, 0) is 23.0 Å². The number of nitrogens with two attached hydrogens (primary N) is 1. The van der Waals surface area contributed by atoms with Gasteiger partial charge in [0.1, 0.15) is 6.26 Å². The zero-order valence-corrected chi connectivity index (χ0v) is 13.4. The number of nitrogens with zero attached hydrogens (tertiary/aromatic N) is 1. The second kappa shape index (κ2) is 7.36. The molecule has 1 aromatic heterocycles. The van der Waals surface area contributed by atoms with Crippen LogP contribution in [0.25, 0.3) is 0 Å². The molecule has 0 spiro atoms. The molecule has 4 N–H and O–H groups in total. The Morgan fingerprint density at radius 1 is 1.30 bits per heavy atom. The molecule has 0 aliphatic rings. The quantitative estimate of drug-likeness (QED) is 0.653. The molecule has 0 radical (unpaired) electrons. The fourth-order valence-electron chi connectivity index (χ4n) is 1.90. The molecule has 0 aliphatic carbocycles. The third-order valence-electron chi connectivity index (χ3n) is 3.06. The van der Waals surface area contributed by atoms with Gasteiger partial charge in [0.25, 0.3) is 5.91 Å². The molecular weight excluding hydrogens is 320 g/mol. The Kier molecular flexibility index (Phi) is 5.48. The summed E-state index contributed by atoms with van der Waals surface area (Å²) in [5, 5.41) is 10.6. The van der Waals surface area contributed by atoms with Crippen LogP contribution in [0, 0.1) is 0 Å². The molecular formula is C14H18N4O4S. The summed E-state index contributed by atoms with van der Waals surface area (Å²) in [5.74, 6) is 0.119. The van der Waals surface area contributed by atoms with Gasteiger partial charge in [-0.1, -0.05) is 12.1 Å². The fourth-order valence-corrected chi connectivity index (χ4v) is 2.42. The van der Waals surface area contributed by atoms with Crippen molar-refractivity contribution in [1.82, 2.24) is 15.6 Å². The Morgan fingerprint density at radius 3 is 2.61 bits per heavy atom. The van der Waals surface area contributed by atoms with Crippen molar-refractivity contribution < 1.29 is 17.6 Å². The molecule has 0 saturated heterocycles. The van der Waals surface area contributed by atoms with Gasteiger partial charge < -0.3 is 15.1 Å². The molecule has 0 aliphatic heterocycles. The highest BCUT2D eigenvalue weighted by atomic mass is 32.2. The maximum Gasteiger partial charge on any atom is 0.273 e. The number of hydrogen-bond donors (Lipinski definition) is 3. The van der Waals surface area contributed by atoms with Crippen molar-refractivity contribution in [3.63, 3.8) is 0 Å². The van der Waals surface area contributed by atoms with Crippen molar-refractivity contribution in [2.75, 3.05) is 13.6 Å². The normalized spacial score (nSPS) is 11.4. The van der Waals surface area contributed by atoms with Gasteiger partial charge in [0, 0.05) is 6.54 Å². The molecule has 1 heterocycles. The smallest absolute Gasteiger partial charge is 0.273 e.